The van der Waals surface area contributed by atoms with Gasteiger partial charge in [0.05, 0.1) is 11.9 Å². The lowest BCUT2D eigenvalue weighted by Gasteiger charge is -2.33. The molecule has 3 aromatic rings. The number of hydrogen-bond donors (Lipinski definition) is 1. The first kappa shape index (κ1) is 31.4. The molecule has 0 unspecified atom stereocenters. The van der Waals surface area contributed by atoms with Gasteiger partial charge in [-0.05, 0) is 55.2 Å². The molecule has 2 amide bonds. The van der Waals surface area contributed by atoms with E-state index in [2.05, 4.69) is 21.2 Å². The lowest BCUT2D eigenvalue weighted by molar-refractivity contribution is -0.140. The molecule has 40 heavy (non-hydrogen) atoms. The molecule has 1 atom stereocenters. The van der Waals surface area contributed by atoms with E-state index >= 15 is 0 Å². The molecule has 0 fully saturated rings. The molecule has 214 valence electrons. The smallest absolute Gasteiger partial charge is 0.244 e. The summed E-state index contributed by atoms with van der Waals surface area (Å²) in [5, 5.41) is 2.99. The third-order valence-electron chi connectivity index (χ3n) is 6.68. The molecule has 9 heteroatoms. The van der Waals surface area contributed by atoms with Gasteiger partial charge < -0.3 is 10.2 Å². The third kappa shape index (κ3) is 8.93. The molecule has 0 heterocycles. The van der Waals surface area contributed by atoms with Crippen LogP contribution in [0.3, 0.4) is 0 Å². The van der Waals surface area contributed by atoms with E-state index < -0.39 is 28.5 Å². The number of aryl methyl sites for hydroxylation is 2. The van der Waals surface area contributed by atoms with Crippen molar-refractivity contribution in [2.75, 3.05) is 23.7 Å². The number of anilines is 1. The first-order chi connectivity index (χ1) is 19.0. The zero-order valence-electron chi connectivity index (χ0n) is 23.6. The Morgan fingerprint density at radius 1 is 0.950 bits per heavy atom. The molecule has 3 aromatic carbocycles. The topological polar surface area (TPSA) is 86.8 Å². The van der Waals surface area contributed by atoms with Gasteiger partial charge in [0.2, 0.25) is 21.8 Å². The lowest BCUT2D eigenvalue weighted by Crippen LogP contribution is -2.53. The molecule has 0 aliphatic heterocycles. The highest BCUT2D eigenvalue weighted by molar-refractivity contribution is 9.10. The van der Waals surface area contributed by atoms with E-state index in [1.54, 1.807) is 18.2 Å². The van der Waals surface area contributed by atoms with Crippen LogP contribution in [0.25, 0.3) is 0 Å². The van der Waals surface area contributed by atoms with Crippen LogP contribution in [-0.2, 0) is 32.6 Å². The number of benzene rings is 3. The van der Waals surface area contributed by atoms with Crippen LogP contribution in [0.5, 0.6) is 0 Å². The van der Waals surface area contributed by atoms with Crippen LogP contribution >= 0.6 is 15.9 Å². The lowest BCUT2D eigenvalue weighted by atomic mass is 10.0. The Morgan fingerprint density at radius 2 is 1.62 bits per heavy atom. The minimum atomic E-state index is -3.81. The number of carbonyl (C=O) groups is 2. The molecule has 0 spiro atoms. The Labute approximate surface area is 246 Å². The Balaban J connectivity index is 2.03. The van der Waals surface area contributed by atoms with Crippen molar-refractivity contribution >= 4 is 43.5 Å². The van der Waals surface area contributed by atoms with E-state index in [1.165, 1.54) is 4.90 Å². The molecule has 7 nitrogen and oxygen atoms in total. The minimum Gasteiger partial charge on any atom is -0.354 e. The van der Waals surface area contributed by atoms with Crippen molar-refractivity contribution in [2.24, 2.45) is 0 Å². The molecule has 3 rings (SSSR count). The SMILES string of the molecule is CCCCNC(=O)[C@@H](Cc1ccccc1)N(Cc1ccc(C)cc1)C(=O)CN(c1ccc(Br)c(C)c1)S(C)(=O)=O. The molecule has 0 aromatic heterocycles. The van der Waals surface area contributed by atoms with Crippen molar-refractivity contribution in [3.8, 4) is 0 Å². The molecule has 0 saturated carbocycles. The number of carbonyl (C=O) groups excluding carboxylic acids is 2. The molecule has 1 N–H and O–H groups in total. The largest absolute Gasteiger partial charge is 0.354 e. The normalized spacial score (nSPS) is 12.0. The van der Waals surface area contributed by atoms with Crippen molar-refractivity contribution in [3.05, 3.63) is 99.5 Å². The maximum atomic E-state index is 14.1. The van der Waals surface area contributed by atoms with E-state index in [1.807, 2.05) is 75.4 Å². The average molecular weight is 629 g/mol. The van der Waals surface area contributed by atoms with E-state index in [0.717, 1.165) is 50.1 Å². The maximum absolute atomic E-state index is 14.1. The first-order valence-electron chi connectivity index (χ1n) is 13.4. The van der Waals surface area contributed by atoms with Gasteiger partial charge in [-0.15, -0.1) is 0 Å². The van der Waals surface area contributed by atoms with Crippen molar-refractivity contribution in [1.82, 2.24) is 10.2 Å². The summed E-state index contributed by atoms with van der Waals surface area (Å²) in [4.78, 5) is 29.2. The monoisotopic (exact) mass is 627 g/mol. The molecule has 0 aliphatic carbocycles. The quantitative estimate of drug-likeness (QED) is 0.258. The summed E-state index contributed by atoms with van der Waals surface area (Å²) in [5.74, 6) is -0.721. The summed E-state index contributed by atoms with van der Waals surface area (Å²) >= 11 is 3.45. The highest BCUT2D eigenvalue weighted by Crippen LogP contribution is 2.25. The van der Waals surface area contributed by atoms with E-state index in [0.29, 0.717) is 18.7 Å². The van der Waals surface area contributed by atoms with Gasteiger partial charge in [-0.25, -0.2) is 8.42 Å². The van der Waals surface area contributed by atoms with Crippen LogP contribution in [-0.4, -0.2) is 50.5 Å². The highest BCUT2D eigenvalue weighted by Gasteiger charge is 2.33. The highest BCUT2D eigenvalue weighted by atomic mass is 79.9. The van der Waals surface area contributed by atoms with Crippen LogP contribution in [0.4, 0.5) is 5.69 Å². The summed E-state index contributed by atoms with van der Waals surface area (Å²) in [6.45, 7) is 6.12. The second-order valence-corrected chi connectivity index (χ2v) is 12.8. The predicted octanol–water partition coefficient (Wildman–Crippen LogP) is 5.39. The Bertz CT molecular complexity index is 1400. The van der Waals surface area contributed by atoms with Gasteiger partial charge in [-0.3, -0.25) is 13.9 Å². The second kappa shape index (κ2) is 14.5. The van der Waals surface area contributed by atoms with Crippen LogP contribution in [0, 0.1) is 13.8 Å². The van der Waals surface area contributed by atoms with Crippen molar-refractivity contribution in [3.63, 3.8) is 0 Å². The van der Waals surface area contributed by atoms with Crippen LogP contribution in [0.1, 0.15) is 42.0 Å². The van der Waals surface area contributed by atoms with Gasteiger partial charge in [0.15, 0.2) is 0 Å². The van der Waals surface area contributed by atoms with Crippen molar-refractivity contribution in [2.45, 2.75) is 52.6 Å². The average Bonchev–Trinajstić information content (AvgIpc) is 2.92. The number of sulfonamides is 1. The Morgan fingerprint density at radius 3 is 2.23 bits per heavy atom. The zero-order valence-corrected chi connectivity index (χ0v) is 26.0. The van der Waals surface area contributed by atoms with Gasteiger partial charge in [0.1, 0.15) is 12.6 Å². The van der Waals surface area contributed by atoms with Gasteiger partial charge in [0.25, 0.3) is 0 Å². The minimum absolute atomic E-state index is 0.161. The standard InChI is InChI=1S/C31H38BrN3O4S/c1-5-6-18-33-31(37)29(20-25-10-8-7-9-11-25)34(21-26-14-12-23(2)13-15-26)30(36)22-35(40(4,38)39)27-16-17-28(32)24(3)19-27/h7-17,19,29H,5-6,18,20-22H2,1-4H3,(H,33,37)/t29-/m1/s1. The van der Waals surface area contributed by atoms with Crippen LogP contribution in [0.15, 0.2) is 77.3 Å². The number of nitrogens with one attached hydrogen (secondary N) is 1. The fourth-order valence-corrected chi connectivity index (χ4v) is 5.44. The Hall–Kier alpha value is -3.17. The number of hydrogen-bond acceptors (Lipinski definition) is 4. The van der Waals surface area contributed by atoms with Gasteiger partial charge in [-0.1, -0.05) is 89.4 Å². The number of rotatable bonds is 13. The number of nitrogens with zero attached hydrogens (tertiary/aromatic N) is 2. The molecule has 0 radical (unpaired) electrons. The third-order valence-corrected chi connectivity index (χ3v) is 8.71. The van der Waals surface area contributed by atoms with Gasteiger partial charge >= 0.3 is 0 Å². The van der Waals surface area contributed by atoms with E-state index in [4.69, 9.17) is 0 Å². The maximum Gasteiger partial charge on any atom is 0.244 e. The fraction of sp³-hybridized carbons (Fsp3) is 0.355. The van der Waals surface area contributed by atoms with Gasteiger partial charge in [0, 0.05) is 24.0 Å². The van der Waals surface area contributed by atoms with Crippen LogP contribution in [0.2, 0.25) is 0 Å². The molecule has 0 aliphatic rings. The second-order valence-electron chi connectivity index (χ2n) is 10.1. The molecule has 0 bridgehead atoms. The summed E-state index contributed by atoms with van der Waals surface area (Å²) in [6, 6.07) is 21.6. The van der Waals surface area contributed by atoms with E-state index in [-0.39, 0.29) is 12.5 Å². The number of amides is 2. The zero-order chi connectivity index (χ0) is 29.3. The van der Waals surface area contributed by atoms with Crippen molar-refractivity contribution < 1.29 is 18.0 Å². The summed E-state index contributed by atoms with van der Waals surface area (Å²) in [5.41, 5.74) is 4.06. The van der Waals surface area contributed by atoms with Gasteiger partial charge in [-0.2, -0.15) is 0 Å². The predicted molar refractivity (Wildman–Crippen MR) is 165 cm³/mol. The van der Waals surface area contributed by atoms with Crippen molar-refractivity contribution in [1.29, 1.82) is 0 Å². The summed E-state index contributed by atoms with van der Waals surface area (Å²) in [7, 11) is -3.81. The molecular weight excluding hydrogens is 590 g/mol. The number of unbranched alkanes of at least 4 members (excludes halogenated alkanes) is 1. The molecule has 0 saturated heterocycles. The first-order valence-corrected chi connectivity index (χ1v) is 16.0. The van der Waals surface area contributed by atoms with E-state index in [9.17, 15) is 18.0 Å². The summed E-state index contributed by atoms with van der Waals surface area (Å²) < 4.78 is 27.8. The van der Waals surface area contributed by atoms with Crippen LogP contribution < -0.4 is 9.62 Å². The summed E-state index contributed by atoms with van der Waals surface area (Å²) in [6.07, 6.45) is 3.12. The Kier molecular flexibility index (Phi) is 11.3. The molecular formula is C31H38BrN3O4S. The number of halogens is 1. The fourth-order valence-electron chi connectivity index (χ4n) is 4.35.